The molecule has 3 rings (SSSR count). The quantitative estimate of drug-likeness (QED) is 0.737. The molecule has 0 spiro atoms. The number of benzene rings is 1. The van der Waals surface area contributed by atoms with Crippen LogP contribution >= 0.6 is 0 Å². The van der Waals surface area contributed by atoms with Crippen LogP contribution in [-0.4, -0.2) is 55.4 Å². The Bertz CT molecular complexity index is 668. The monoisotopic (exact) mass is 346 g/mol. The smallest absolute Gasteiger partial charge is 0.321 e. The molecule has 0 amide bonds. The molecule has 25 heavy (non-hydrogen) atoms. The van der Waals surface area contributed by atoms with Gasteiger partial charge in [-0.2, -0.15) is 4.98 Å². The lowest BCUT2D eigenvalue weighted by Gasteiger charge is -2.26. The van der Waals surface area contributed by atoms with E-state index in [1.807, 2.05) is 18.2 Å². The summed E-state index contributed by atoms with van der Waals surface area (Å²) in [5.41, 5.74) is 0.743. The summed E-state index contributed by atoms with van der Waals surface area (Å²) in [6.45, 7) is 4.37. The van der Waals surface area contributed by atoms with Gasteiger partial charge in [0.25, 0.3) is 0 Å². The molecule has 0 saturated carbocycles. The van der Waals surface area contributed by atoms with Crippen molar-refractivity contribution in [2.24, 2.45) is 0 Å². The third kappa shape index (κ3) is 4.42. The molecule has 1 N–H and O–H groups in total. The topological polar surface area (TPSA) is 72.7 Å². The summed E-state index contributed by atoms with van der Waals surface area (Å²) in [7, 11) is 3.20. The summed E-state index contributed by atoms with van der Waals surface area (Å²) in [5.74, 6) is 1.72. The molecule has 0 radical (unpaired) electrons. The number of aromatic nitrogens is 2. The van der Waals surface area contributed by atoms with E-state index in [0.29, 0.717) is 23.3 Å². The fourth-order valence-corrected chi connectivity index (χ4v) is 3.15. The number of hydrogen-bond acceptors (Lipinski definition) is 7. The lowest BCUT2D eigenvalue weighted by molar-refractivity contribution is 0.228. The zero-order valence-electron chi connectivity index (χ0n) is 15.0. The predicted molar refractivity (Wildman–Crippen MR) is 96.2 cm³/mol. The van der Waals surface area contributed by atoms with Gasteiger partial charge in [0.15, 0.2) is 11.5 Å². The molecule has 1 aromatic carbocycles. The molecule has 2 heterocycles. The Labute approximate surface area is 148 Å². The van der Waals surface area contributed by atoms with Gasteiger partial charge in [0.2, 0.25) is 5.82 Å². The number of rotatable bonds is 8. The summed E-state index contributed by atoms with van der Waals surface area (Å²) in [6, 6.07) is 6.02. The van der Waals surface area contributed by atoms with Crippen molar-refractivity contribution in [1.29, 1.82) is 0 Å². The molecular formula is C18H26N4O3. The number of nitrogens with one attached hydrogen (secondary N) is 1. The van der Waals surface area contributed by atoms with Gasteiger partial charge < -0.3 is 24.2 Å². The second-order valence-corrected chi connectivity index (χ2v) is 6.15. The minimum atomic E-state index is 0.429. The molecule has 1 aliphatic heterocycles. The Balaban J connectivity index is 1.55. The first-order valence-electron chi connectivity index (χ1n) is 8.83. The van der Waals surface area contributed by atoms with Crippen molar-refractivity contribution in [3.8, 4) is 22.9 Å². The van der Waals surface area contributed by atoms with Crippen LogP contribution in [0.4, 0.5) is 6.01 Å². The Hall–Kier alpha value is -2.28. The second-order valence-electron chi connectivity index (χ2n) is 6.15. The third-order valence-electron chi connectivity index (χ3n) is 4.45. The number of piperidine rings is 1. The Morgan fingerprint density at radius 1 is 1.16 bits per heavy atom. The average Bonchev–Trinajstić information content (AvgIpc) is 3.14. The van der Waals surface area contributed by atoms with Gasteiger partial charge in [-0.25, -0.2) is 0 Å². The van der Waals surface area contributed by atoms with Gasteiger partial charge in [-0.3, -0.25) is 0 Å². The van der Waals surface area contributed by atoms with Crippen molar-refractivity contribution in [3.05, 3.63) is 18.2 Å². The first-order chi connectivity index (χ1) is 12.3. The summed E-state index contributed by atoms with van der Waals surface area (Å²) < 4.78 is 16.0. The highest BCUT2D eigenvalue weighted by atomic mass is 16.5. The maximum Gasteiger partial charge on any atom is 0.321 e. The van der Waals surface area contributed by atoms with E-state index < -0.39 is 0 Å². The van der Waals surface area contributed by atoms with E-state index in [9.17, 15) is 0 Å². The number of anilines is 1. The van der Waals surface area contributed by atoms with Gasteiger partial charge >= 0.3 is 6.01 Å². The molecule has 7 nitrogen and oxygen atoms in total. The summed E-state index contributed by atoms with van der Waals surface area (Å²) in [6.07, 6.45) is 5.07. The number of para-hydroxylation sites is 1. The molecule has 0 unspecified atom stereocenters. The largest absolute Gasteiger partial charge is 0.493 e. The molecule has 0 aliphatic carbocycles. The molecule has 7 heteroatoms. The van der Waals surface area contributed by atoms with Crippen LogP contribution in [0.3, 0.4) is 0 Å². The van der Waals surface area contributed by atoms with E-state index in [4.69, 9.17) is 14.0 Å². The van der Waals surface area contributed by atoms with E-state index >= 15 is 0 Å². The van der Waals surface area contributed by atoms with Gasteiger partial charge in [0.05, 0.1) is 19.8 Å². The van der Waals surface area contributed by atoms with E-state index in [1.165, 1.54) is 32.4 Å². The minimum Gasteiger partial charge on any atom is -0.493 e. The number of methoxy groups -OCH3 is 2. The van der Waals surface area contributed by atoms with E-state index in [1.54, 1.807) is 14.2 Å². The summed E-state index contributed by atoms with van der Waals surface area (Å²) >= 11 is 0. The number of nitrogens with zero attached hydrogens (tertiary/aromatic N) is 3. The third-order valence-corrected chi connectivity index (χ3v) is 4.45. The van der Waals surface area contributed by atoms with Gasteiger partial charge in [0.1, 0.15) is 0 Å². The number of likely N-dealkylation sites (tertiary alicyclic amines) is 1. The number of hydrogen-bond donors (Lipinski definition) is 1. The van der Waals surface area contributed by atoms with E-state index in [0.717, 1.165) is 25.1 Å². The molecule has 0 atom stereocenters. The van der Waals surface area contributed by atoms with Crippen molar-refractivity contribution in [3.63, 3.8) is 0 Å². The Morgan fingerprint density at radius 3 is 2.76 bits per heavy atom. The van der Waals surface area contributed by atoms with Gasteiger partial charge in [-0.1, -0.05) is 17.6 Å². The highest BCUT2D eigenvalue weighted by molar-refractivity contribution is 5.68. The molecule has 1 aromatic heterocycles. The highest BCUT2D eigenvalue weighted by Crippen LogP contribution is 2.36. The van der Waals surface area contributed by atoms with E-state index in [2.05, 4.69) is 20.4 Å². The van der Waals surface area contributed by atoms with Crippen LogP contribution in [0.1, 0.15) is 25.7 Å². The lowest BCUT2D eigenvalue weighted by atomic mass is 10.1. The van der Waals surface area contributed by atoms with Crippen LogP contribution in [0.25, 0.3) is 11.4 Å². The fourth-order valence-electron chi connectivity index (χ4n) is 3.15. The Morgan fingerprint density at radius 2 is 2.00 bits per heavy atom. The summed E-state index contributed by atoms with van der Waals surface area (Å²) in [5, 5.41) is 7.25. The first-order valence-corrected chi connectivity index (χ1v) is 8.83. The van der Waals surface area contributed by atoms with Gasteiger partial charge in [-0.15, -0.1) is 0 Å². The first kappa shape index (κ1) is 17.5. The maximum atomic E-state index is 5.42. The molecule has 0 bridgehead atoms. The fraction of sp³-hybridized carbons (Fsp3) is 0.556. The summed E-state index contributed by atoms with van der Waals surface area (Å²) in [4.78, 5) is 6.93. The molecule has 1 saturated heterocycles. The van der Waals surface area contributed by atoms with Crippen molar-refractivity contribution < 1.29 is 14.0 Å². The average molecular weight is 346 g/mol. The van der Waals surface area contributed by atoms with Crippen LogP contribution < -0.4 is 14.8 Å². The van der Waals surface area contributed by atoms with Crippen molar-refractivity contribution in [1.82, 2.24) is 15.0 Å². The van der Waals surface area contributed by atoms with Crippen LogP contribution in [0.5, 0.6) is 11.5 Å². The van der Waals surface area contributed by atoms with Crippen molar-refractivity contribution in [2.45, 2.75) is 25.7 Å². The molecule has 1 fully saturated rings. The van der Waals surface area contributed by atoms with Crippen molar-refractivity contribution >= 4 is 6.01 Å². The normalized spacial score (nSPS) is 15.1. The zero-order chi connectivity index (χ0) is 17.5. The maximum absolute atomic E-state index is 5.42. The SMILES string of the molecule is COc1cccc(-c2noc(NCCCN3CCCCC3)n2)c1OC. The molecular weight excluding hydrogens is 320 g/mol. The lowest BCUT2D eigenvalue weighted by Crippen LogP contribution is -2.31. The van der Waals surface area contributed by atoms with Crippen LogP contribution in [0.15, 0.2) is 22.7 Å². The van der Waals surface area contributed by atoms with E-state index in [-0.39, 0.29) is 0 Å². The minimum absolute atomic E-state index is 0.429. The molecule has 1 aliphatic rings. The molecule has 2 aromatic rings. The van der Waals surface area contributed by atoms with Crippen LogP contribution in [0, 0.1) is 0 Å². The molecule has 136 valence electrons. The second kappa shape index (κ2) is 8.71. The Kier molecular flexibility index (Phi) is 6.11. The van der Waals surface area contributed by atoms with Crippen LogP contribution in [0.2, 0.25) is 0 Å². The highest BCUT2D eigenvalue weighted by Gasteiger charge is 2.16. The standard InChI is InChI=1S/C18H26N4O3/c1-23-15-9-6-8-14(16(15)24-2)17-20-18(25-21-17)19-10-7-13-22-11-4-3-5-12-22/h6,8-9H,3-5,7,10-13H2,1-2H3,(H,19,20,21). The van der Waals surface area contributed by atoms with Crippen LogP contribution in [-0.2, 0) is 0 Å². The predicted octanol–water partition coefficient (Wildman–Crippen LogP) is 3.04. The zero-order valence-corrected chi connectivity index (χ0v) is 15.0. The van der Waals surface area contributed by atoms with Crippen molar-refractivity contribution in [2.75, 3.05) is 45.7 Å². The number of ether oxygens (including phenoxy) is 2. The van der Waals surface area contributed by atoms with Gasteiger partial charge in [0, 0.05) is 6.54 Å². The van der Waals surface area contributed by atoms with Gasteiger partial charge in [-0.05, 0) is 51.0 Å².